The molecule has 3 aromatic rings. The largest absolute Gasteiger partial charge is 0.371 e. The van der Waals surface area contributed by atoms with E-state index in [2.05, 4.69) is 46.2 Å². The van der Waals surface area contributed by atoms with Crippen LogP contribution in [0.4, 0.5) is 5.69 Å². The van der Waals surface area contributed by atoms with Crippen LogP contribution in [0.5, 0.6) is 0 Å². The lowest BCUT2D eigenvalue weighted by Gasteiger charge is -2.37. The molecule has 0 radical (unpaired) electrons. The molecule has 1 atom stereocenters. The predicted molar refractivity (Wildman–Crippen MR) is 139 cm³/mol. The Labute approximate surface area is 216 Å². The highest BCUT2D eigenvalue weighted by atomic mass is 35.5. The molecule has 35 heavy (non-hydrogen) atoms. The van der Waals surface area contributed by atoms with Gasteiger partial charge in [0, 0.05) is 35.4 Å². The summed E-state index contributed by atoms with van der Waals surface area (Å²) < 4.78 is 5.58. The predicted octanol–water partition coefficient (Wildman–Crippen LogP) is 6.54. The molecule has 1 saturated heterocycles. The van der Waals surface area contributed by atoms with Crippen LogP contribution in [0, 0.1) is 12.8 Å². The zero-order valence-electron chi connectivity index (χ0n) is 19.9. The molecular weight excluding hydrogens is 483 g/mol. The van der Waals surface area contributed by atoms with Crippen LogP contribution in [0.15, 0.2) is 47.0 Å². The van der Waals surface area contributed by atoms with Gasteiger partial charge >= 0.3 is 0 Å². The minimum atomic E-state index is -0.0428. The first-order valence-corrected chi connectivity index (χ1v) is 13.1. The number of piperidine rings is 1. The highest BCUT2D eigenvalue weighted by Crippen LogP contribution is 2.32. The Morgan fingerprint density at radius 2 is 1.86 bits per heavy atom. The molecule has 1 amide bonds. The number of aryl methyl sites for hydroxylation is 1. The number of hydrogen-bond acceptors (Lipinski definition) is 5. The summed E-state index contributed by atoms with van der Waals surface area (Å²) in [6.07, 6.45) is 6.23. The van der Waals surface area contributed by atoms with E-state index in [1.165, 1.54) is 11.3 Å². The lowest BCUT2D eigenvalue weighted by molar-refractivity contribution is -0.139. The zero-order chi connectivity index (χ0) is 24.4. The van der Waals surface area contributed by atoms with Crippen molar-refractivity contribution in [3.63, 3.8) is 0 Å². The number of amides is 1. The van der Waals surface area contributed by atoms with Crippen LogP contribution in [0.2, 0.25) is 10.0 Å². The SMILES string of the molecule is Cc1ccc(N2CCCC(C(=O)N(Cc3nc(-c4ccc(Cl)cc4Cl)no3)C3CCCC3)C2)cc1. The van der Waals surface area contributed by atoms with Gasteiger partial charge in [-0.3, -0.25) is 4.79 Å². The van der Waals surface area contributed by atoms with Gasteiger partial charge in [-0.2, -0.15) is 4.98 Å². The molecule has 2 aliphatic rings. The van der Waals surface area contributed by atoms with Gasteiger partial charge in [0.25, 0.3) is 0 Å². The van der Waals surface area contributed by atoms with Gasteiger partial charge < -0.3 is 14.3 Å². The van der Waals surface area contributed by atoms with Crippen LogP contribution in [0.1, 0.15) is 50.0 Å². The van der Waals surface area contributed by atoms with Crippen molar-refractivity contribution < 1.29 is 9.32 Å². The Balaban J connectivity index is 1.33. The average molecular weight is 513 g/mol. The first-order chi connectivity index (χ1) is 17.0. The third-order valence-corrected chi connectivity index (χ3v) is 7.71. The molecule has 5 rings (SSSR count). The Morgan fingerprint density at radius 3 is 2.60 bits per heavy atom. The molecule has 2 heterocycles. The van der Waals surface area contributed by atoms with Gasteiger partial charge in [-0.1, -0.05) is 58.9 Å². The van der Waals surface area contributed by atoms with Crippen LogP contribution in [0.3, 0.4) is 0 Å². The first-order valence-electron chi connectivity index (χ1n) is 12.4. The van der Waals surface area contributed by atoms with Gasteiger partial charge in [-0.05, 0) is 62.9 Å². The molecule has 1 unspecified atom stereocenters. The molecule has 184 valence electrons. The summed E-state index contributed by atoms with van der Waals surface area (Å²) in [4.78, 5) is 22.8. The van der Waals surface area contributed by atoms with Gasteiger partial charge in [0.05, 0.1) is 10.9 Å². The van der Waals surface area contributed by atoms with Gasteiger partial charge in [-0.15, -0.1) is 0 Å². The molecule has 1 aliphatic carbocycles. The molecule has 0 spiro atoms. The summed E-state index contributed by atoms with van der Waals surface area (Å²) in [6.45, 7) is 4.13. The lowest BCUT2D eigenvalue weighted by Crippen LogP contribution is -2.47. The van der Waals surface area contributed by atoms with E-state index >= 15 is 0 Å². The summed E-state index contributed by atoms with van der Waals surface area (Å²) in [7, 11) is 0. The molecule has 0 bridgehead atoms. The molecule has 1 aromatic heterocycles. The van der Waals surface area contributed by atoms with E-state index < -0.39 is 0 Å². The fourth-order valence-electron chi connectivity index (χ4n) is 5.25. The van der Waals surface area contributed by atoms with Gasteiger partial charge in [0.1, 0.15) is 6.54 Å². The lowest BCUT2D eigenvalue weighted by atomic mass is 9.95. The fraction of sp³-hybridized carbons (Fsp3) is 0.444. The number of rotatable bonds is 6. The van der Waals surface area contributed by atoms with Crippen molar-refractivity contribution in [3.8, 4) is 11.4 Å². The third-order valence-electron chi connectivity index (χ3n) is 7.16. The third kappa shape index (κ3) is 5.49. The van der Waals surface area contributed by atoms with Crippen molar-refractivity contribution >= 4 is 34.8 Å². The second-order valence-corrected chi connectivity index (χ2v) is 10.5. The second-order valence-electron chi connectivity index (χ2n) is 9.66. The maximum atomic E-state index is 13.9. The number of benzene rings is 2. The van der Waals surface area contributed by atoms with Crippen LogP contribution in [-0.4, -0.2) is 40.1 Å². The minimum Gasteiger partial charge on any atom is -0.371 e. The molecule has 2 aromatic carbocycles. The monoisotopic (exact) mass is 512 g/mol. The maximum absolute atomic E-state index is 13.9. The van der Waals surface area contributed by atoms with E-state index in [9.17, 15) is 4.79 Å². The molecule has 1 saturated carbocycles. The van der Waals surface area contributed by atoms with Crippen molar-refractivity contribution in [2.24, 2.45) is 5.92 Å². The van der Waals surface area contributed by atoms with Crippen LogP contribution in [-0.2, 0) is 11.3 Å². The molecule has 8 heteroatoms. The Morgan fingerprint density at radius 1 is 1.09 bits per heavy atom. The van der Waals surface area contributed by atoms with Gasteiger partial charge in [-0.25, -0.2) is 0 Å². The summed E-state index contributed by atoms with van der Waals surface area (Å²) in [5.41, 5.74) is 3.08. The quantitative estimate of drug-likeness (QED) is 0.375. The molecule has 6 nitrogen and oxygen atoms in total. The number of carbonyl (C=O) groups excluding carboxylic acids is 1. The average Bonchev–Trinajstić information content (AvgIpc) is 3.55. The van der Waals surface area contributed by atoms with Crippen molar-refractivity contribution in [1.82, 2.24) is 15.0 Å². The number of hydrogen-bond donors (Lipinski definition) is 0. The van der Waals surface area contributed by atoms with E-state index in [4.69, 9.17) is 27.7 Å². The normalized spacial score (nSPS) is 18.7. The standard InChI is InChI=1S/C27H30Cl2N4O2/c1-18-8-11-21(12-9-18)32-14-4-5-19(16-32)27(34)33(22-6-2-3-7-22)17-25-30-26(31-35-25)23-13-10-20(28)15-24(23)29/h8-13,15,19,22H,2-7,14,16-17H2,1H3. The van der Waals surface area contributed by atoms with E-state index in [0.29, 0.717) is 33.9 Å². The summed E-state index contributed by atoms with van der Waals surface area (Å²) in [5.74, 6) is 0.984. The topological polar surface area (TPSA) is 62.5 Å². The summed E-state index contributed by atoms with van der Waals surface area (Å²) in [6, 6.07) is 14.0. The van der Waals surface area contributed by atoms with Gasteiger partial charge in [0.15, 0.2) is 0 Å². The van der Waals surface area contributed by atoms with Gasteiger partial charge in [0.2, 0.25) is 17.6 Å². The van der Waals surface area contributed by atoms with E-state index in [1.54, 1.807) is 18.2 Å². The highest BCUT2D eigenvalue weighted by molar-refractivity contribution is 6.36. The molecule has 1 aliphatic heterocycles. The van der Waals surface area contributed by atoms with E-state index in [-0.39, 0.29) is 17.9 Å². The fourth-order valence-corrected chi connectivity index (χ4v) is 5.74. The molecule has 2 fully saturated rings. The number of halogens is 2. The zero-order valence-corrected chi connectivity index (χ0v) is 21.4. The van der Waals surface area contributed by atoms with E-state index in [1.807, 2.05) is 4.90 Å². The van der Waals surface area contributed by atoms with Crippen LogP contribution >= 0.6 is 23.2 Å². The van der Waals surface area contributed by atoms with E-state index in [0.717, 1.165) is 51.6 Å². The van der Waals surface area contributed by atoms with Crippen molar-refractivity contribution in [2.45, 2.75) is 58.0 Å². The second kappa shape index (κ2) is 10.6. The van der Waals surface area contributed by atoms with Crippen molar-refractivity contribution in [1.29, 1.82) is 0 Å². The Bertz CT molecular complexity index is 1170. The van der Waals surface area contributed by atoms with Crippen molar-refractivity contribution in [3.05, 3.63) is 64.0 Å². The minimum absolute atomic E-state index is 0.0428. The first kappa shape index (κ1) is 24.1. The van der Waals surface area contributed by atoms with Crippen molar-refractivity contribution in [2.75, 3.05) is 18.0 Å². The molecule has 0 N–H and O–H groups in total. The summed E-state index contributed by atoms with van der Waals surface area (Å²) in [5, 5.41) is 5.14. The smallest absolute Gasteiger partial charge is 0.246 e. The molecular formula is C27H30Cl2N4O2. The number of nitrogens with zero attached hydrogens (tertiary/aromatic N) is 4. The summed E-state index contributed by atoms with van der Waals surface area (Å²) >= 11 is 12.4. The Hall–Kier alpha value is -2.57. The van der Waals surface area contributed by atoms with Crippen LogP contribution in [0.25, 0.3) is 11.4 Å². The highest BCUT2D eigenvalue weighted by Gasteiger charge is 2.35. The van der Waals surface area contributed by atoms with Crippen LogP contribution < -0.4 is 4.90 Å². The maximum Gasteiger partial charge on any atom is 0.246 e. The number of aromatic nitrogens is 2. The Kier molecular flexibility index (Phi) is 7.30. The number of carbonyl (C=O) groups is 1. The number of anilines is 1.